The van der Waals surface area contributed by atoms with Gasteiger partial charge in [-0.1, -0.05) is 24.3 Å². The van der Waals surface area contributed by atoms with Crippen LogP contribution in [0.25, 0.3) is 22.4 Å². The van der Waals surface area contributed by atoms with Crippen molar-refractivity contribution in [2.24, 2.45) is 0 Å². The summed E-state index contributed by atoms with van der Waals surface area (Å²) in [4.78, 5) is 12.9. The van der Waals surface area contributed by atoms with Gasteiger partial charge in [-0.05, 0) is 43.0 Å². The van der Waals surface area contributed by atoms with Crippen LogP contribution >= 0.6 is 11.8 Å². The van der Waals surface area contributed by atoms with Crippen LogP contribution in [-0.2, 0) is 32.1 Å². The number of carbonyl (C=O) groups excluding carboxylic acids is 1. The largest absolute Gasteiger partial charge is 0.465 e. The summed E-state index contributed by atoms with van der Waals surface area (Å²) < 4.78 is 71.7. The molecular formula is C22H21F3N2O4S2. The Morgan fingerprint density at radius 1 is 1.06 bits per heavy atom. The molecule has 2 aromatic carbocycles. The first-order valence-electron chi connectivity index (χ1n) is 9.74. The number of rotatable bonds is 7. The molecule has 0 N–H and O–H groups in total. The van der Waals surface area contributed by atoms with Crippen molar-refractivity contribution in [1.29, 1.82) is 0 Å². The highest BCUT2D eigenvalue weighted by Crippen LogP contribution is 2.43. The number of carbonyl (C=O) groups is 1. The number of thioether (sulfide) groups is 1. The summed E-state index contributed by atoms with van der Waals surface area (Å²) in [6, 6.07) is 11.9. The highest BCUT2D eigenvalue weighted by atomic mass is 32.2. The van der Waals surface area contributed by atoms with Crippen molar-refractivity contribution in [2.45, 2.75) is 29.4 Å². The van der Waals surface area contributed by atoms with Crippen LogP contribution in [0, 0.1) is 0 Å². The zero-order chi connectivity index (χ0) is 24.4. The summed E-state index contributed by atoms with van der Waals surface area (Å²) in [5.41, 5.74) is -0.776. The predicted molar refractivity (Wildman–Crippen MR) is 120 cm³/mol. The van der Waals surface area contributed by atoms with E-state index >= 15 is 0 Å². The first-order chi connectivity index (χ1) is 15.5. The zero-order valence-electron chi connectivity index (χ0n) is 18.0. The molecule has 0 saturated carbocycles. The third-order valence-electron chi connectivity index (χ3n) is 4.74. The molecule has 0 aliphatic carbocycles. The Bertz CT molecular complexity index is 1250. The number of nitrogens with zero attached hydrogens (tertiary/aromatic N) is 2. The molecular weight excluding hydrogens is 477 g/mol. The average molecular weight is 499 g/mol. The van der Waals surface area contributed by atoms with E-state index in [4.69, 9.17) is 4.74 Å². The molecule has 6 nitrogen and oxygen atoms in total. The quantitative estimate of drug-likeness (QED) is 0.340. The van der Waals surface area contributed by atoms with Gasteiger partial charge >= 0.3 is 12.1 Å². The van der Waals surface area contributed by atoms with Crippen molar-refractivity contribution < 1.29 is 31.1 Å². The zero-order valence-corrected chi connectivity index (χ0v) is 19.6. The van der Waals surface area contributed by atoms with E-state index in [0.29, 0.717) is 4.68 Å². The molecule has 3 rings (SSSR count). The van der Waals surface area contributed by atoms with Crippen LogP contribution in [0.5, 0.6) is 0 Å². The molecule has 0 radical (unpaired) electrons. The topological polar surface area (TPSA) is 78.3 Å². The molecule has 0 fully saturated rings. The first-order valence-corrected chi connectivity index (χ1v) is 12.9. The standard InChI is InChI=1S/C22H21F3N2O4S2/c1-4-31-18(28)13-27-21(22(23,24)25)19(14-5-9-16(32-2)10-6-14)20(26-27)15-7-11-17(12-8-15)33(3,29)30/h5-12H,4,13H2,1-3H3. The molecule has 1 heterocycles. The van der Waals surface area contributed by atoms with Crippen molar-refractivity contribution in [1.82, 2.24) is 9.78 Å². The molecule has 0 spiro atoms. The Morgan fingerprint density at radius 2 is 1.64 bits per heavy atom. The van der Waals surface area contributed by atoms with E-state index < -0.39 is 34.2 Å². The van der Waals surface area contributed by atoms with Crippen molar-refractivity contribution in [3.63, 3.8) is 0 Å². The van der Waals surface area contributed by atoms with E-state index in [0.717, 1.165) is 11.2 Å². The number of esters is 1. The van der Waals surface area contributed by atoms with Gasteiger partial charge in [-0.15, -0.1) is 11.8 Å². The van der Waals surface area contributed by atoms with Crippen LogP contribution < -0.4 is 0 Å². The third kappa shape index (κ3) is 5.59. The highest BCUT2D eigenvalue weighted by Gasteiger charge is 2.41. The minimum atomic E-state index is -4.82. The van der Waals surface area contributed by atoms with Crippen molar-refractivity contribution in [3.05, 3.63) is 54.2 Å². The number of benzene rings is 2. The second kappa shape index (κ2) is 9.60. The van der Waals surface area contributed by atoms with Crippen molar-refractivity contribution in [2.75, 3.05) is 19.1 Å². The molecule has 33 heavy (non-hydrogen) atoms. The van der Waals surface area contributed by atoms with Gasteiger partial charge in [0.2, 0.25) is 0 Å². The molecule has 1 aromatic heterocycles. The number of halogens is 3. The maximum absolute atomic E-state index is 14.2. The van der Waals surface area contributed by atoms with Gasteiger partial charge < -0.3 is 4.74 Å². The summed E-state index contributed by atoms with van der Waals surface area (Å²) >= 11 is 1.44. The highest BCUT2D eigenvalue weighted by molar-refractivity contribution is 7.98. The summed E-state index contributed by atoms with van der Waals surface area (Å²) in [6.07, 6.45) is -1.93. The second-order valence-corrected chi connectivity index (χ2v) is 9.95. The molecule has 0 aliphatic heterocycles. The van der Waals surface area contributed by atoms with E-state index in [1.54, 1.807) is 31.2 Å². The molecule has 176 valence electrons. The predicted octanol–water partition coefficient (Wildman–Crippen LogP) is 4.92. The van der Waals surface area contributed by atoms with Gasteiger partial charge in [0, 0.05) is 22.3 Å². The molecule has 0 bridgehead atoms. The van der Waals surface area contributed by atoms with Crippen LogP contribution in [0.1, 0.15) is 12.6 Å². The number of ether oxygens (including phenoxy) is 1. The van der Waals surface area contributed by atoms with Gasteiger partial charge in [-0.3, -0.25) is 4.79 Å². The fourth-order valence-corrected chi connectivity index (χ4v) is 4.33. The third-order valence-corrected chi connectivity index (χ3v) is 6.61. The first kappa shape index (κ1) is 24.8. The van der Waals surface area contributed by atoms with Gasteiger partial charge in [0.25, 0.3) is 0 Å². The Kier molecular flexibility index (Phi) is 7.23. The number of sulfone groups is 1. The van der Waals surface area contributed by atoms with Gasteiger partial charge in [0.1, 0.15) is 12.2 Å². The lowest BCUT2D eigenvalue weighted by Gasteiger charge is -2.13. The van der Waals surface area contributed by atoms with Crippen LogP contribution in [0.15, 0.2) is 58.3 Å². The lowest BCUT2D eigenvalue weighted by Crippen LogP contribution is -2.21. The van der Waals surface area contributed by atoms with Crippen LogP contribution in [0.4, 0.5) is 13.2 Å². The number of alkyl halides is 3. The molecule has 0 amide bonds. The van der Waals surface area contributed by atoms with Crippen LogP contribution in [0.3, 0.4) is 0 Å². The van der Waals surface area contributed by atoms with Gasteiger partial charge in [-0.2, -0.15) is 18.3 Å². The monoisotopic (exact) mass is 498 g/mol. The summed E-state index contributed by atoms with van der Waals surface area (Å²) in [6.45, 7) is 0.851. The lowest BCUT2D eigenvalue weighted by molar-refractivity contribution is -0.149. The molecule has 0 saturated heterocycles. The second-order valence-electron chi connectivity index (χ2n) is 7.06. The Morgan fingerprint density at radius 3 is 2.12 bits per heavy atom. The lowest BCUT2D eigenvalue weighted by atomic mass is 9.98. The smallest absolute Gasteiger partial charge is 0.433 e. The SMILES string of the molecule is CCOC(=O)Cn1nc(-c2ccc(S(C)(=O)=O)cc2)c(-c2ccc(SC)cc2)c1C(F)(F)F. The summed E-state index contributed by atoms with van der Waals surface area (Å²) in [5.74, 6) is -0.853. The fraction of sp³-hybridized carbons (Fsp3) is 0.273. The van der Waals surface area contributed by atoms with Gasteiger partial charge in [0.15, 0.2) is 15.5 Å². The van der Waals surface area contributed by atoms with Crippen LogP contribution in [-0.4, -0.2) is 43.3 Å². The maximum atomic E-state index is 14.2. The van der Waals surface area contributed by atoms with Gasteiger partial charge in [0.05, 0.1) is 11.5 Å². The molecule has 0 atom stereocenters. The van der Waals surface area contributed by atoms with E-state index in [2.05, 4.69) is 5.10 Å². The minimum absolute atomic E-state index is 0.0181. The fourth-order valence-electron chi connectivity index (χ4n) is 3.29. The molecule has 11 heteroatoms. The molecule has 3 aromatic rings. The Labute approximate surface area is 193 Å². The van der Waals surface area contributed by atoms with Crippen molar-refractivity contribution >= 4 is 27.6 Å². The van der Waals surface area contributed by atoms with Crippen molar-refractivity contribution in [3.8, 4) is 22.4 Å². The van der Waals surface area contributed by atoms with Crippen LogP contribution in [0.2, 0.25) is 0 Å². The Balaban J connectivity index is 2.28. The normalized spacial score (nSPS) is 12.1. The number of hydrogen-bond donors (Lipinski definition) is 0. The average Bonchev–Trinajstić information content (AvgIpc) is 3.13. The van der Waals surface area contributed by atoms with E-state index in [1.165, 1.54) is 36.0 Å². The molecule has 0 unspecified atom stereocenters. The summed E-state index contributed by atoms with van der Waals surface area (Å²) in [5, 5.41) is 4.12. The number of aromatic nitrogens is 2. The minimum Gasteiger partial charge on any atom is -0.465 e. The number of hydrogen-bond acceptors (Lipinski definition) is 6. The van der Waals surface area contributed by atoms with E-state index in [1.807, 2.05) is 6.26 Å². The van der Waals surface area contributed by atoms with Gasteiger partial charge in [-0.25, -0.2) is 13.1 Å². The van der Waals surface area contributed by atoms with E-state index in [-0.39, 0.29) is 33.9 Å². The molecule has 0 aliphatic rings. The summed E-state index contributed by atoms with van der Waals surface area (Å²) in [7, 11) is -3.49. The Hall–Kier alpha value is -2.79. The van der Waals surface area contributed by atoms with E-state index in [9.17, 15) is 26.4 Å². The maximum Gasteiger partial charge on any atom is 0.433 e.